The van der Waals surface area contributed by atoms with Crippen molar-refractivity contribution >= 4 is 17.9 Å². The van der Waals surface area contributed by atoms with Gasteiger partial charge in [0.05, 0.1) is 0 Å². The van der Waals surface area contributed by atoms with E-state index < -0.39 is 6.09 Å². The second-order valence-electron chi connectivity index (χ2n) is 7.24. The number of hydrogen-bond acceptors (Lipinski definition) is 4. The van der Waals surface area contributed by atoms with Gasteiger partial charge in [0.25, 0.3) is 0 Å². The minimum atomic E-state index is -0.927. The maximum absolute atomic E-state index is 13.4. The zero-order valence-electron chi connectivity index (χ0n) is 15.2. The van der Waals surface area contributed by atoms with E-state index in [0.717, 1.165) is 43.1 Å². The van der Waals surface area contributed by atoms with Crippen molar-refractivity contribution in [1.29, 1.82) is 0 Å². The molecule has 2 aliphatic heterocycles. The first-order valence-corrected chi connectivity index (χ1v) is 10.4. The minimum Gasteiger partial charge on any atom is -0.465 e. The highest BCUT2D eigenvalue weighted by molar-refractivity contribution is 7.99. The number of carbonyl (C=O) groups is 1. The maximum atomic E-state index is 13.4. The number of nitrogens with zero attached hydrogens (tertiary/aromatic N) is 2. The largest absolute Gasteiger partial charge is 0.465 e. The summed E-state index contributed by atoms with van der Waals surface area (Å²) < 4.78 is 13.4. The van der Waals surface area contributed by atoms with E-state index in [1.54, 1.807) is 19.2 Å². The topological polar surface area (TPSA) is 55.8 Å². The molecule has 1 amide bonds. The van der Waals surface area contributed by atoms with Gasteiger partial charge in [0.2, 0.25) is 0 Å². The number of rotatable bonds is 7. The summed E-state index contributed by atoms with van der Waals surface area (Å²) in [5.74, 6) is 2.03. The monoisotopic (exact) mass is 381 g/mol. The molecule has 0 aromatic heterocycles. The molecule has 26 heavy (non-hydrogen) atoms. The van der Waals surface area contributed by atoms with E-state index in [-0.39, 0.29) is 11.7 Å². The van der Waals surface area contributed by atoms with Gasteiger partial charge >= 0.3 is 6.09 Å². The number of likely N-dealkylation sites (N-methyl/N-ethyl adjacent to an activating group) is 1. The van der Waals surface area contributed by atoms with Gasteiger partial charge in [0, 0.05) is 49.6 Å². The molecule has 2 saturated heterocycles. The van der Waals surface area contributed by atoms with Crippen molar-refractivity contribution in [2.75, 3.05) is 44.7 Å². The molecular weight excluding hydrogens is 353 g/mol. The van der Waals surface area contributed by atoms with Gasteiger partial charge in [-0.1, -0.05) is 12.1 Å². The molecule has 1 aromatic carbocycles. The van der Waals surface area contributed by atoms with Crippen LogP contribution in [0.2, 0.25) is 0 Å². The molecular formula is C19H28FN3O2S. The number of hydrogen-bond donors (Lipinski definition) is 2. The van der Waals surface area contributed by atoms with Gasteiger partial charge in [-0.2, -0.15) is 11.8 Å². The highest BCUT2D eigenvalue weighted by atomic mass is 32.2. The molecule has 2 aliphatic rings. The number of halogens is 1. The van der Waals surface area contributed by atoms with Gasteiger partial charge in [-0.3, -0.25) is 4.90 Å². The normalized spacial score (nSPS) is 23.1. The molecule has 0 spiro atoms. The first-order chi connectivity index (χ1) is 12.5. The van der Waals surface area contributed by atoms with E-state index in [2.05, 4.69) is 10.2 Å². The van der Waals surface area contributed by atoms with Crippen molar-refractivity contribution in [3.63, 3.8) is 0 Å². The molecule has 3 atom stereocenters. The Kier molecular flexibility index (Phi) is 6.78. The first kappa shape index (κ1) is 19.5. The smallest absolute Gasteiger partial charge is 0.407 e. The molecule has 5 nitrogen and oxygen atoms in total. The van der Waals surface area contributed by atoms with Crippen LogP contribution in [0.1, 0.15) is 24.3 Å². The van der Waals surface area contributed by atoms with Crippen molar-refractivity contribution in [2.24, 2.45) is 0 Å². The predicted molar refractivity (Wildman–Crippen MR) is 104 cm³/mol. The average molecular weight is 382 g/mol. The van der Waals surface area contributed by atoms with Gasteiger partial charge in [0.15, 0.2) is 0 Å². The summed E-state index contributed by atoms with van der Waals surface area (Å²) in [6, 6.07) is 7.34. The predicted octanol–water partition coefficient (Wildman–Crippen LogP) is 2.69. The molecule has 2 fully saturated rings. The van der Waals surface area contributed by atoms with Crippen LogP contribution < -0.4 is 5.32 Å². The molecule has 2 heterocycles. The zero-order chi connectivity index (χ0) is 18.5. The van der Waals surface area contributed by atoms with Crippen LogP contribution in [0, 0.1) is 5.82 Å². The zero-order valence-corrected chi connectivity index (χ0v) is 16.1. The molecule has 0 bridgehead atoms. The quantitative estimate of drug-likeness (QED) is 0.761. The second-order valence-corrected chi connectivity index (χ2v) is 8.39. The number of nitrogens with one attached hydrogen (secondary N) is 1. The molecule has 1 aromatic rings. The molecule has 2 N–H and O–H groups in total. The third-order valence-corrected chi connectivity index (χ3v) is 6.55. The van der Waals surface area contributed by atoms with Gasteiger partial charge in [-0.05, 0) is 43.6 Å². The van der Waals surface area contributed by atoms with Crippen molar-refractivity contribution < 1.29 is 14.3 Å². The lowest BCUT2D eigenvalue weighted by atomic mass is 9.87. The van der Waals surface area contributed by atoms with E-state index >= 15 is 0 Å². The number of amides is 1. The van der Waals surface area contributed by atoms with E-state index in [4.69, 9.17) is 0 Å². The Balaban J connectivity index is 1.78. The van der Waals surface area contributed by atoms with Gasteiger partial charge in [0.1, 0.15) is 5.82 Å². The van der Waals surface area contributed by atoms with Crippen molar-refractivity contribution in [1.82, 2.24) is 15.1 Å². The number of benzene rings is 1. The summed E-state index contributed by atoms with van der Waals surface area (Å²) in [7, 11) is 1.60. The fourth-order valence-corrected chi connectivity index (χ4v) is 4.85. The summed E-state index contributed by atoms with van der Waals surface area (Å²) in [4.78, 5) is 15.2. The van der Waals surface area contributed by atoms with Crippen molar-refractivity contribution in [3.8, 4) is 0 Å². The van der Waals surface area contributed by atoms with Crippen LogP contribution in [0.15, 0.2) is 24.3 Å². The van der Waals surface area contributed by atoms with Crippen LogP contribution >= 0.6 is 11.8 Å². The van der Waals surface area contributed by atoms with Crippen LogP contribution in [0.5, 0.6) is 0 Å². The Morgan fingerprint density at radius 2 is 2.15 bits per heavy atom. The van der Waals surface area contributed by atoms with Crippen LogP contribution in [-0.4, -0.2) is 77.8 Å². The minimum absolute atomic E-state index is 0.0519. The SMILES string of the molecule is CN(CC(CC(C1CSCCN1)N1CCC1)c1ccc(F)cc1)C(=O)O. The highest BCUT2D eigenvalue weighted by Gasteiger charge is 2.34. The third-order valence-electron chi connectivity index (χ3n) is 5.46. The molecule has 0 radical (unpaired) electrons. The summed E-state index contributed by atoms with van der Waals surface area (Å²) in [5, 5.41) is 13.0. The van der Waals surface area contributed by atoms with Crippen molar-refractivity contribution in [2.45, 2.75) is 30.8 Å². The summed E-state index contributed by atoms with van der Waals surface area (Å²) in [5.41, 5.74) is 1.01. The molecule has 7 heteroatoms. The number of carboxylic acid groups (broad SMARTS) is 1. The Morgan fingerprint density at radius 1 is 1.42 bits per heavy atom. The fraction of sp³-hybridized carbons (Fsp3) is 0.632. The van der Waals surface area contributed by atoms with Crippen LogP contribution in [0.25, 0.3) is 0 Å². The summed E-state index contributed by atoms with van der Waals surface area (Å²) in [6.07, 6.45) is 1.18. The average Bonchev–Trinajstić information content (AvgIpc) is 2.60. The summed E-state index contributed by atoms with van der Waals surface area (Å²) in [6.45, 7) is 3.66. The fourth-order valence-electron chi connectivity index (χ4n) is 3.82. The first-order valence-electron chi connectivity index (χ1n) is 9.29. The lowest BCUT2D eigenvalue weighted by Gasteiger charge is -2.45. The van der Waals surface area contributed by atoms with Crippen molar-refractivity contribution in [3.05, 3.63) is 35.6 Å². The van der Waals surface area contributed by atoms with E-state index in [0.29, 0.717) is 18.6 Å². The number of likely N-dealkylation sites (tertiary alicyclic amines) is 1. The van der Waals surface area contributed by atoms with Gasteiger partial charge < -0.3 is 15.3 Å². The van der Waals surface area contributed by atoms with Crippen LogP contribution in [0.3, 0.4) is 0 Å². The van der Waals surface area contributed by atoms with E-state index in [9.17, 15) is 14.3 Å². The maximum Gasteiger partial charge on any atom is 0.407 e. The molecule has 3 rings (SSSR count). The lowest BCUT2D eigenvalue weighted by Crippen LogP contribution is -2.58. The van der Waals surface area contributed by atoms with E-state index in [1.807, 2.05) is 11.8 Å². The molecule has 3 unspecified atom stereocenters. The lowest BCUT2D eigenvalue weighted by molar-refractivity contribution is 0.0806. The Hall–Kier alpha value is -1.31. The van der Waals surface area contributed by atoms with Crippen LogP contribution in [0.4, 0.5) is 9.18 Å². The van der Waals surface area contributed by atoms with Crippen LogP contribution in [-0.2, 0) is 0 Å². The third kappa shape index (κ3) is 4.90. The standard InChI is InChI=1S/C19H28FN3O2S/c1-22(19(24)25)12-15(14-3-5-16(20)6-4-14)11-18(23-8-2-9-23)17-13-26-10-7-21-17/h3-6,15,17-18,21H,2,7-13H2,1H3,(H,24,25). The molecule has 0 aliphatic carbocycles. The second kappa shape index (κ2) is 9.06. The Bertz CT molecular complexity index is 591. The number of thioether (sulfide) groups is 1. The van der Waals surface area contributed by atoms with Gasteiger partial charge in [-0.15, -0.1) is 0 Å². The highest BCUT2D eigenvalue weighted by Crippen LogP contribution is 2.30. The molecule has 0 saturated carbocycles. The Morgan fingerprint density at radius 3 is 2.69 bits per heavy atom. The Labute approximate surface area is 158 Å². The summed E-state index contributed by atoms with van der Waals surface area (Å²) >= 11 is 1.98. The van der Waals surface area contributed by atoms with Gasteiger partial charge in [-0.25, -0.2) is 9.18 Å². The molecule has 144 valence electrons. The van der Waals surface area contributed by atoms with E-state index in [1.165, 1.54) is 23.5 Å².